The lowest BCUT2D eigenvalue weighted by atomic mass is 9.94. The number of allylic oxidation sites excluding steroid dienone is 1. The van der Waals surface area contributed by atoms with Crippen LogP contribution in [0.25, 0.3) is 66.5 Å². The van der Waals surface area contributed by atoms with E-state index in [4.69, 9.17) is 0 Å². The molecule has 0 unspecified atom stereocenters. The maximum absolute atomic E-state index is 2.46. The topological polar surface area (TPSA) is 8.17 Å². The minimum atomic E-state index is 1.07. The molecular weight excluding hydrogens is 629 g/mol. The number of anilines is 3. The van der Waals surface area contributed by atoms with E-state index in [9.17, 15) is 0 Å². The number of hydrogen-bond acceptors (Lipinski definition) is 1. The van der Waals surface area contributed by atoms with Crippen LogP contribution in [0.1, 0.15) is 17.7 Å². The van der Waals surface area contributed by atoms with E-state index in [1.165, 1.54) is 71.6 Å². The van der Waals surface area contributed by atoms with Crippen molar-refractivity contribution in [2.75, 3.05) is 4.90 Å². The predicted octanol–water partition coefficient (Wildman–Crippen LogP) is 13.7. The lowest BCUT2D eigenvalue weighted by Crippen LogP contribution is -2.12. The summed E-state index contributed by atoms with van der Waals surface area (Å²) >= 11 is 0. The minimum Gasteiger partial charge on any atom is -0.310 e. The molecule has 1 heterocycles. The third kappa shape index (κ3) is 5.03. The second-order valence-electron chi connectivity index (χ2n) is 13.6. The summed E-state index contributed by atoms with van der Waals surface area (Å²) < 4.78 is 2.43. The quantitative estimate of drug-likeness (QED) is 0.172. The molecule has 10 rings (SSSR count). The fraction of sp³-hybridized carbons (Fsp3) is 0.0400. The van der Waals surface area contributed by atoms with Crippen molar-refractivity contribution in [2.45, 2.75) is 12.8 Å². The molecule has 8 aromatic carbocycles. The van der Waals surface area contributed by atoms with Crippen LogP contribution in [-0.2, 0) is 6.42 Å². The molecule has 1 aromatic heterocycles. The maximum Gasteiger partial charge on any atom is 0.0546 e. The smallest absolute Gasteiger partial charge is 0.0546 e. The Hall–Kier alpha value is -6.64. The van der Waals surface area contributed by atoms with E-state index in [2.05, 4.69) is 204 Å². The third-order valence-electron chi connectivity index (χ3n) is 10.7. The van der Waals surface area contributed by atoms with E-state index >= 15 is 0 Å². The van der Waals surface area contributed by atoms with Gasteiger partial charge in [-0.2, -0.15) is 0 Å². The van der Waals surface area contributed by atoms with Crippen molar-refractivity contribution < 1.29 is 0 Å². The lowest BCUT2D eigenvalue weighted by Gasteiger charge is -2.30. The van der Waals surface area contributed by atoms with Gasteiger partial charge in [-0.05, 0) is 99.8 Å². The summed E-state index contributed by atoms with van der Waals surface area (Å²) in [6, 6.07) is 66.4. The first-order valence-electron chi connectivity index (χ1n) is 18.2. The highest BCUT2D eigenvalue weighted by Crippen LogP contribution is 2.46. The van der Waals surface area contributed by atoms with Crippen LogP contribution in [0.15, 0.2) is 188 Å². The summed E-state index contributed by atoms with van der Waals surface area (Å²) in [4.78, 5) is 2.46. The van der Waals surface area contributed by atoms with Crippen molar-refractivity contribution in [3.63, 3.8) is 0 Å². The van der Waals surface area contributed by atoms with Crippen LogP contribution >= 0.6 is 0 Å². The average molecular weight is 665 g/mol. The van der Waals surface area contributed by atoms with E-state index in [-0.39, 0.29) is 0 Å². The molecule has 1 aliphatic rings. The molecule has 246 valence electrons. The van der Waals surface area contributed by atoms with Gasteiger partial charge in [0.15, 0.2) is 0 Å². The Kier molecular flexibility index (Phi) is 7.32. The van der Waals surface area contributed by atoms with Crippen LogP contribution in [0, 0.1) is 0 Å². The number of fused-ring (bicyclic) bond motifs is 5. The van der Waals surface area contributed by atoms with E-state index in [0.717, 1.165) is 29.9 Å². The summed E-state index contributed by atoms with van der Waals surface area (Å²) in [5, 5.41) is 6.26. The molecule has 0 N–H and O–H groups in total. The van der Waals surface area contributed by atoms with Gasteiger partial charge in [-0.25, -0.2) is 0 Å². The number of nitrogens with zero attached hydrogens (tertiary/aromatic N) is 2. The van der Waals surface area contributed by atoms with Crippen LogP contribution in [0.4, 0.5) is 17.1 Å². The van der Waals surface area contributed by atoms with Gasteiger partial charge in [0.05, 0.1) is 16.9 Å². The highest BCUT2D eigenvalue weighted by molar-refractivity contribution is 6.03. The predicted molar refractivity (Wildman–Crippen MR) is 221 cm³/mol. The zero-order valence-electron chi connectivity index (χ0n) is 28.8. The number of rotatable bonds is 6. The Morgan fingerprint density at radius 3 is 1.96 bits per heavy atom. The van der Waals surface area contributed by atoms with Crippen LogP contribution in [-0.4, -0.2) is 4.57 Å². The van der Waals surface area contributed by atoms with Gasteiger partial charge in [-0.15, -0.1) is 0 Å². The van der Waals surface area contributed by atoms with Gasteiger partial charge >= 0.3 is 0 Å². The van der Waals surface area contributed by atoms with Gasteiger partial charge < -0.3 is 9.47 Å². The summed E-state index contributed by atoms with van der Waals surface area (Å²) in [5.41, 5.74) is 13.3. The Bertz CT molecular complexity index is 2780. The first-order valence-corrected chi connectivity index (χ1v) is 18.2. The lowest BCUT2D eigenvalue weighted by molar-refractivity contribution is 0.967. The summed E-state index contributed by atoms with van der Waals surface area (Å²) in [6.07, 6.45) is 6.77. The van der Waals surface area contributed by atoms with Crippen LogP contribution in [0.3, 0.4) is 0 Å². The fourth-order valence-corrected chi connectivity index (χ4v) is 8.25. The molecule has 0 bridgehead atoms. The van der Waals surface area contributed by atoms with Crippen LogP contribution < -0.4 is 4.90 Å². The van der Waals surface area contributed by atoms with Crippen molar-refractivity contribution in [3.8, 4) is 27.9 Å². The molecule has 1 aliphatic carbocycles. The monoisotopic (exact) mass is 664 g/mol. The largest absolute Gasteiger partial charge is 0.310 e. The molecule has 0 saturated heterocycles. The first-order chi connectivity index (χ1) is 25.8. The molecule has 52 heavy (non-hydrogen) atoms. The van der Waals surface area contributed by atoms with Crippen molar-refractivity contribution in [3.05, 3.63) is 199 Å². The highest BCUT2D eigenvalue weighted by atomic mass is 15.1. The molecule has 0 spiro atoms. The Labute approximate surface area is 304 Å². The Balaban J connectivity index is 1.22. The zero-order valence-corrected chi connectivity index (χ0v) is 28.8. The molecule has 2 heteroatoms. The molecule has 0 amide bonds. The number of benzene rings is 8. The highest BCUT2D eigenvalue weighted by Gasteiger charge is 2.22. The zero-order chi connectivity index (χ0) is 34.4. The molecule has 0 aliphatic heterocycles. The standard InChI is InChI=1S/C50H36N2/c1-2-14-36(15-3-1)44-33-28-38(42-24-12-18-35-16-4-6-20-41(35)42)34-50(44)52(47-27-13-19-37-17-5-7-21-43(37)47)40-31-29-39(30-32-40)51-48-25-10-8-22-45(48)46-23-9-11-26-49(46)51/h1-8,10-22,24-34H,9,23H2. The van der Waals surface area contributed by atoms with Gasteiger partial charge in [-0.1, -0.05) is 146 Å². The Morgan fingerprint density at radius 2 is 1.13 bits per heavy atom. The minimum absolute atomic E-state index is 1.07. The maximum atomic E-state index is 2.46. The number of hydrogen-bond donors (Lipinski definition) is 0. The van der Waals surface area contributed by atoms with Crippen LogP contribution in [0.5, 0.6) is 0 Å². The van der Waals surface area contributed by atoms with E-state index in [0.29, 0.717) is 0 Å². The van der Waals surface area contributed by atoms with E-state index in [1.807, 2.05) is 0 Å². The van der Waals surface area contributed by atoms with Crippen molar-refractivity contribution >= 4 is 55.6 Å². The summed E-state index contributed by atoms with van der Waals surface area (Å²) in [5.74, 6) is 0. The molecule has 0 radical (unpaired) electrons. The molecule has 2 nitrogen and oxygen atoms in total. The van der Waals surface area contributed by atoms with Crippen molar-refractivity contribution in [2.24, 2.45) is 0 Å². The van der Waals surface area contributed by atoms with E-state index < -0.39 is 0 Å². The summed E-state index contributed by atoms with van der Waals surface area (Å²) in [6.45, 7) is 0. The second kappa shape index (κ2) is 12.6. The number of aryl methyl sites for hydroxylation is 1. The van der Waals surface area contributed by atoms with Gasteiger partial charge in [0.1, 0.15) is 0 Å². The summed E-state index contributed by atoms with van der Waals surface area (Å²) in [7, 11) is 0. The van der Waals surface area contributed by atoms with Crippen LogP contribution in [0.2, 0.25) is 0 Å². The third-order valence-corrected chi connectivity index (χ3v) is 10.7. The molecular formula is C50H36N2. The van der Waals surface area contributed by atoms with Gasteiger partial charge in [0.25, 0.3) is 0 Å². The second-order valence-corrected chi connectivity index (χ2v) is 13.6. The molecule has 9 aromatic rings. The number of aromatic nitrogens is 1. The Morgan fingerprint density at radius 1 is 0.462 bits per heavy atom. The van der Waals surface area contributed by atoms with E-state index in [1.54, 1.807) is 0 Å². The average Bonchev–Trinajstić information content (AvgIpc) is 3.56. The van der Waals surface area contributed by atoms with Crippen molar-refractivity contribution in [1.82, 2.24) is 4.57 Å². The molecule has 0 saturated carbocycles. The van der Waals surface area contributed by atoms with Crippen molar-refractivity contribution in [1.29, 1.82) is 0 Å². The first kappa shape index (κ1) is 30.2. The normalized spacial score (nSPS) is 12.4. The van der Waals surface area contributed by atoms with Gasteiger partial charge in [0.2, 0.25) is 0 Å². The fourth-order valence-electron chi connectivity index (χ4n) is 8.25. The van der Waals surface area contributed by atoms with Gasteiger partial charge in [-0.3, -0.25) is 0 Å². The molecule has 0 fully saturated rings. The van der Waals surface area contributed by atoms with Gasteiger partial charge in [0, 0.05) is 33.4 Å². The molecule has 0 atom stereocenters. The number of para-hydroxylation sites is 1. The SMILES string of the molecule is C1=Cc2c(c3ccccc3n2-c2ccc(N(c3cc(-c4cccc5ccccc45)ccc3-c3ccccc3)c3cccc4ccccc34)cc2)CC1.